The molecule has 54 valence electrons. The van der Waals surface area contributed by atoms with E-state index < -0.39 is 18.0 Å². The van der Waals surface area contributed by atoms with E-state index in [9.17, 15) is 9.59 Å². The second kappa shape index (κ2) is 2.22. The minimum absolute atomic E-state index is 0.442. The molecule has 0 saturated heterocycles. The lowest BCUT2D eigenvalue weighted by atomic mass is 10.5. The van der Waals surface area contributed by atoms with E-state index >= 15 is 0 Å². The first-order chi connectivity index (χ1) is 4.63. The number of imide groups is 1. The topological polar surface area (TPSA) is 57.6 Å². The van der Waals surface area contributed by atoms with Crippen LogP contribution in [0.25, 0.3) is 0 Å². The number of aliphatic hydroxyl groups excluding tert-OH is 1. The average molecular weight is 141 g/mol. The first-order valence-corrected chi connectivity index (χ1v) is 2.83. The van der Waals surface area contributed by atoms with Crippen LogP contribution in [0.15, 0.2) is 12.2 Å². The largest absolute Gasteiger partial charge is 0.369 e. The molecule has 0 radical (unpaired) electrons. The van der Waals surface area contributed by atoms with E-state index in [2.05, 4.69) is 0 Å². The van der Waals surface area contributed by atoms with Crippen molar-refractivity contribution >= 4 is 11.8 Å². The summed E-state index contributed by atoms with van der Waals surface area (Å²) in [4.78, 5) is 22.0. The van der Waals surface area contributed by atoms with Gasteiger partial charge in [-0.05, 0) is 6.08 Å². The zero-order valence-corrected chi connectivity index (χ0v) is 5.44. The van der Waals surface area contributed by atoms with Crippen molar-refractivity contribution in [1.82, 2.24) is 4.90 Å². The minimum Gasteiger partial charge on any atom is -0.369 e. The summed E-state index contributed by atoms with van der Waals surface area (Å²) in [6, 6.07) is 0. The lowest BCUT2D eigenvalue weighted by Crippen LogP contribution is -2.37. The van der Waals surface area contributed by atoms with Crippen LogP contribution in [0.2, 0.25) is 0 Å². The Bertz CT molecular complexity index is 209. The monoisotopic (exact) mass is 141 g/mol. The van der Waals surface area contributed by atoms with Gasteiger partial charge in [0.25, 0.3) is 5.91 Å². The second-order valence-electron chi connectivity index (χ2n) is 2.00. The van der Waals surface area contributed by atoms with Crippen molar-refractivity contribution in [2.24, 2.45) is 0 Å². The third-order valence-electron chi connectivity index (χ3n) is 1.25. The van der Waals surface area contributed by atoms with Crippen LogP contribution in [-0.4, -0.2) is 28.0 Å². The molecule has 4 heteroatoms. The Morgan fingerprint density at radius 1 is 1.80 bits per heavy atom. The number of carbonyl (C=O) groups is 2. The van der Waals surface area contributed by atoms with Crippen LogP contribution in [-0.2, 0) is 9.59 Å². The predicted octanol–water partition coefficient (Wildman–Crippen LogP) is -0.750. The van der Waals surface area contributed by atoms with Gasteiger partial charge < -0.3 is 5.11 Å². The highest BCUT2D eigenvalue weighted by molar-refractivity contribution is 6.02. The molecule has 0 saturated carbocycles. The summed E-state index contributed by atoms with van der Waals surface area (Å²) < 4.78 is 0. The molecule has 2 amide bonds. The van der Waals surface area contributed by atoms with Crippen molar-refractivity contribution in [1.29, 1.82) is 0 Å². The molecule has 1 atom stereocenters. The molecule has 0 aromatic heterocycles. The minimum atomic E-state index is -1.06. The number of nitrogens with zero attached hydrogens (tertiary/aromatic N) is 1. The van der Waals surface area contributed by atoms with Gasteiger partial charge in [-0.3, -0.25) is 9.59 Å². The number of rotatable bonds is 0. The zero-order chi connectivity index (χ0) is 7.72. The van der Waals surface area contributed by atoms with Crippen molar-refractivity contribution < 1.29 is 14.7 Å². The SMILES string of the molecule is CC(=O)N1C(=O)C=C[C@@H]1O. The maximum absolute atomic E-state index is 10.7. The van der Waals surface area contributed by atoms with E-state index in [1.165, 1.54) is 19.1 Å². The Labute approximate surface area is 57.7 Å². The Balaban J connectivity index is 2.79. The highest BCUT2D eigenvalue weighted by Gasteiger charge is 2.26. The van der Waals surface area contributed by atoms with Gasteiger partial charge >= 0.3 is 0 Å². The molecular weight excluding hydrogens is 134 g/mol. The van der Waals surface area contributed by atoms with E-state index in [-0.39, 0.29) is 0 Å². The fraction of sp³-hybridized carbons (Fsp3) is 0.333. The predicted molar refractivity (Wildman–Crippen MR) is 32.7 cm³/mol. The van der Waals surface area contributed by atoms with Crippen LogP contribution in [0, 0.1) is 0 Å². The number of aliphatic hydroxyl groups is 1. The quantitative estimate of drug-likeness (QED) is 0.483. The van der Waals surface area contributed by atoms with Gasteiger partial charge in [0, 0.05) is 13.0 Å². The molecule has 0 aromatic carbocycles. The third-order valence-corrected chi connectivity index (χ3v) is 1.25. The molecule has 0 spiro atoms. The van der Waals surface area contributed by atoms with Crippen LogP contribution >= 0.6 is 0 Å². The van der Waals surface area contributed by atoms with Crippen LogP contribution in [0.5, 0.6) is 0 Å². The fourth-order valence-corrected chi connectivity index (χ4v) is 0.807. The summed E-state index contributed by atoms with van der Waals surface area (Å²) in [5.41, 5.74) is 0. The summed E-state index contributed by atoms with van der Waals surface area (Å²) in [5.74, 6) is -0.900. The Hall–Kier alpha value is -1.16. The van der Waals surface area contributed by atoms with Gasteiger partial charge in [-0.2, -0.15) is 0 Å². The van der Waals surface area contributed by atoms with Gasteiger partial charge in [0.05, 0.1) is 0 Å². The Morgan fingerprint density at radius 3 is 2.60 bits per heavy atom. The summed E-state index contributed by atoms with van der Waals surface area (Å²) in [6.07, 6.45) is 1.38. The highest BCUT2D eigenvalue weighted by atomic mass is 16.3. The van der Waals surface area contributed by atoms with Crippen molar-refractivity contribution in [2.75, 3.05) is 0 Å². The van der Waals surface area contributed by atoms with Crippen molar-refractivity contribution in [3.05, 3.63) is 12.2 Å². The lowest BCUT2D eigenvalue weighted by Gasteiger charge is -2.14. The molecule has 0 aliphatic carbocycles. The normalized spacial score (nSPS) is 24.0. The van der Waals surface area contributed by atoms with Crippen LogP contribution in [0.4, 0.5) is 0 Å². The maximum Gasteiger partial charge on any atom is 0.255 e. The first kappa shape index (κ1) is 6.95. The highest BCUT2D eigenvalue weighted by Crippen LogP contribution is 2.07. The van der Waals surface area contributed by atoms with E-state index in [1.54, 1.807) is 0 Å². The van der Waals surface area contributed by atoms with Crippen LogP contribution in [0.3, 0.4) is 0 Å². The van der Waals surface area contributed by atoms with Crippen LogP contribution in [0.1, 0.15) is 6.92 Å². The Kier molecular flexibility index (Phi) is 1.55. The number of hydrogen-bond acceptors (Lipinski definition) is 3. The fourth-order valence-electron chi connectivity index (χ4n) is 0.807. The summed E-state index contributed by atoms with van der Waals surface area (Å²) in [6.45, 7) is 1.23. The van der Waals surface area contributed by atoms with E-state index in [1.807, 2.05) is 0 Å². The molecule has 0 fully saturated rings. The average Bonchev–Trinajstić information content (AvgIpc) is 2.11. The van der Waals surface area contributed by atoms with Crippen molar-refractivity contribution in [2.45, 2.75) is 13.2 Å². The van der Waals surface area contributed by atoms with Gasteiger partial charge in [-0.1, -0.05) is 0 Å². The second-order valence-corrected chi connectivity index (χ2v) is 2.00. The molecule has 1 N–H and O–H groups in total. The standard InChI is InChI=1S/C6H7NO3/c1-4(8)7-5(9)2-3-6(7)10/h2-3,5,9H,1H3/t5-/m0/s1. The molecule has 1 heterocycles. The van der Waals surface area contributed by atoms with Gasteiger partial charge in [-0.15, -0.1) is 0 Å². The third kappa shape index (κ3) is 0.930. The maximum atomic E-state index is 10.7. The van der Waals surface area contributed by atoms with Gasteiger partial charge in [0.2, 0.25) is 5.91 Å². The van der Waals surface area contributed by atoms with Gasteiger partial charge in [0.15, 0.2) is 6.23 Å². The van der Waals surface area contributed by atoms with E-state index in [4.69, 9.17) is 5.11 Å². The molecule has 1 aliphatic rings. The van der Waals surface area contributed by atoms with E-state index in [0.29, 0.717) is 0 Å². The number of carbonyl (C=O) groups excluding carboxylic acids is 2. The summed E-state index contributed by atoms with van der Waals surface area (Å²) in [5, 5.41) is 8.93. The number of amides is 2. The molecule has 1 rings (SSSR count). The van der Waals surface area contributed by atoms with E-state index in [0.717, 1.165) is 4.90 Å². The van der Waals surface area contributed by atoms with Gasteiger partial charge in [0.1, 0.15) is 0 Å². The molecule has 0 bridgehead atoms. The number of hydrogen-bond donors (Lipinski definition) is 1. The van der Waals surface area contributed by atoms with Crippen LogP contribution < -0.4 is 0 Å². The molecule has 10 heavy (non-hydrogen) atoms. The molecule has 0 aromatic rings. The lowest BCUT2D eigenvalue weighted by molar-refractivity contribution is -0.146. The van der Waals surface area contributed by atoms with Crippen molar-refractivity contribution in [3.63, 3.8) is 0 Å². The van der Waals surface area contributed by atoms with Crippen molar-refractivity contribution in [3.8, 4) is 0 Å². The molecule has 0 unspecified atom stereocenters. The molecule has 1 aliphatic heterocycles. The Morgan fingerprint density at radius 2 is 2.40 bits per heavy atom. The van der Waals surface area contributed by atoms with Gasteiger partial charge in [-0.25, -0.2) is 4.90 Å². The zero-order valence-electron chi connectivity index (χ0n) is 5.44. The summed E-state index contributed by atoms with van der Waals surface area (Å²) >= 11 is 0. The smallest absolute Gasteiger partial charge is 0.255 e. The first-order valence-electron chi connectivity index (χ1n) is 2.83. The summed E-state index contributed by atoms with van der Waals surface area (Å²) in [7, 11) is 0. The molecular formula is C6H7NO3. The molecule has 4 nitrogen and oxygen atoms in total.